The van der Waals surface area contributed by atoms with Gasteiger partial charge in [-0.15, -0.1) is 0 Å². The number of aromatic nitrogens is 1. The van der Waals surface area contributed by atoms with E-state index in [4.69, 9.17) is 4.74 Å². The van der Waals surface area contributed by atoms with Gasteiger partial charge in [0.15, 0.2) is 17.2 Å². The number of hydrogen-bond acceptors (Lipinski definition) is 7. The van der Waals surface area contributed by atoms with E-state index in [9.17, 15) is 24.2 Å². The van der Waals surface area contributed by atoms with Gasteiger partial charge in [-0.25, -0.2) is 9.18 Å². The zero-order valence-electron chi connectivity index (χ0n) is 17.5. The fourth-order valence-corrected chi connectivity index (χ4v) is 4.08. The normalized spacial score (nSPS) is 16.2. The predicted octanol–water partition coefficient (Wildman–Crippen LogP) is 2.65. The number of ether oxygens (including phenoxy) is 1. The van der Waals surface area contributed by atoms with Crippen LogP contribution < -0.4 is 20.4 Å². The van der Waals surface area contributed by atoms with Crippen LogP contribution in [0, 0.1) is 11.6 Å². The van der Waals surface area contributed by atoms with Crippen molar-refractivity contribution in [2.24, 2.45) is 0 Å². The van der Waals surface area contributed by atoms with E-state index >= 15 is 4.39 Å². The summed E-state index contributed by atoms with van der Waals surface area (Å²) in [6, 6.07) is 4.75. The number of piperazine rings is 1. The topological polar surface area (TPSA) is 104 Å². The van der Waals surface area contributed by atoms with E-state index in [1.807, 2.05) is 4.90 Å². The first-order chi connectivity index (χ1) is 15.8. The third-order valence-corrected chi connectivity index (χ3v) is 5.98. The van der Waals surface area contributed by atoms with Crippen molar-refractivity contribution in [3.8, 4) is 17.2 Å². The largest absolute Gasteiger partial charge is 0.504 e. The molecule has 0 unspecified atom stereocenters. The molecule has 0 atom stereocenters. The molecule has 0 amide bonds. The number of hydrogen-bond donors (Lipinski definition) is 3. The summed E-state index contributed by atoms with van der Waals surface area (Å²) in [6.07, 6.45) is 3.04. The Labute approximate surface area is 186 Å². The number of rotatable bonds is 4. The summed E-state index contributed by atoms with van der Waals surface area (Å²) in [6.45, 7) is 2.71. The highest BCUT2D eigenvalue weighted by Gasteiger charge is 2.29. The third-order valence-electron chi connectivity index (χ3n) is 5.98. The summed E-state index contributed by atoms with van der Waals surface area (Å²) in [5.74, 6) is -5.48. The van der Waals surface area contributed by atoms with E-state index in [0.29, 0.717) is 24.3 Å². The molecule has 2 fully saturated rings. The number of esters is 1. The van der Waals surface area contributed by atoms with Crippen molar-refractivity contribution in [1.29, 1.82) is 0 Å². The van der Waals surface area contributed by atoms with Gasteiger partial charge in [0.1, 0.15) is 11.4 Å². The van der Waals surface area contributed by atoms with Crippen LogP contribution in [0.4, 0.5) is 14.5 Å². The van der Waals surface area contributed by atoms with Gasteiger partial charge in [-0.05, 0) is 37.1 Å². The first-order valence-electron chi connectivity index (χ1n) is 10.6. The van der Waals surface area contributed by atoms with E-state index in [-0.39, 0.29) is 17.0 Å². The molecule has 33 heavy (non-hydrogen) atoms. The number of anilines is 1. The quantitative estimate of drug-likeness (QED) is 0.314. The molecule has 3 aromatic rings. The van der Waals surface area contributed by atoms with Crippen molar-refractivity contribution in [1.82, 2.24) is 9.88 Å². The standard InChI is InChI=1S/C23H21F2N3O5/c24-15-9-13-16(10-17(15)27-7-5-26-6-8-27)28(12-1-2-12)11-14(21(13)30)23(32)33-19-4-3-18(29)22(31)20(19)25/h3-4,9-12,26,29,31H,1-2,5-8H2. The molecule has 0 bridgehead atoms. The number of carbonyl (C=O) groups is 1. The van der Waals surface area contributed by atoms with Gasteiger partial charge in [0.05, 0.1) is 11.2 Å². The first-order valence-corrected chi connectivity index (χ1v) is 10.6. The summed E-state index contributed by atoms with van der Waals surface area (Å²) in [5.41, 5.74) is -0.200. The zero-order chi connectivity index (χ0) is 23.3. The fourth-order valence-electron chi connectivity index (χ4n) is 4.08. The lowest BCUT2D eigenvalue weighted by atomic mass is 10.1. The second-order valence-corrected chi connectivity index (χ2v) is 8.20. The number of carbonyl (C=O) groups excluding carboxylic acids is 1. The maximum Gasteiger partial charge on any atom is 0.349 e. The first kappa shape index (κ1) is 21.2. The molecular formula is C23H21F2N3O5. The number of phenols is 2. The Bertz CT molecular complexity index is 1330. The van der Waals surface area contributed by atoms with Crippen molar-refractivity contribution >= 4 is 22.6 Å². The number of pyridine rings is 1. The highest BCUT2D eigenvalue weighted by molar-refractivity contribution is 5.95. The summed E-state index contributed by atoms with van der Waals surface area (Å²) >= 11 is 0. The molecular weight excluding hydrogens is 436 g/mol. The van der Waals surface area contributed by atoms with Crippen LogP contribution in [0.15, 0.2) is 35.3 Å². The van der Waals surface area contributed by atoms with Gasteiger partial charge in [-0.3, -0.25) is 4.79 Å². The Balaban J connectivity index is 1.59. The Morgan fingerprint density at radius 1 is 1.12 bits per heavy atom. The summed E-state index contributed by atoms with van der Waals surface area (Å²) in [7, 11) is 0. The zero-order valence-corrected chi connectivity index (χ0v) is 17.5. The lowest BCUT2D eigenvalue weighted by Crippen LogP contribution is -2.43. The number of phenolic OH excluding ortho intramolecular Hbond substituents is 2. The Hall–Kier alpha value is -3.66. The van der Waals surface area contributed by atoms with Crippen LogP contribution in [0.5, 0.6) is 17.2 Å². The monoisotopic (exact) mass is 457 g/mol. The summed E-state index contributed by atoms with van der Waals surface area (Å²) in [5, 5.41) is 22.1. The van der Waals surface area contributed by atoms with E-state index in [1.165, 1.54) is 6.20 Å². The van der Waals surface area contributed by atoms with Gasteiger partial charge in [-0.2, -0.15) is 4.39 Å². The second kappa shape index (κ2) is 8.04. The predicted molar refractivity (Wildman–Crippen MR) is 116 cm³/mol. The van der Waals surface area contributed by atoms with Crippen molar-refractivity contribution in [3.05, 3.63) is 57.9 Å². The van der Waals surface area contributed by atoms with Crippen molar-refractivity contribution < 1.29 is 28.5 Å². The molecule has 5 rings (SSSR count). The molecule has 2 aromatic carbocycles. The van der Waals surface area contributed by atoms with Crippen LogP contribution in [-0.2, 0) is 0 Å². The molecule has 1 saturated carbocycles. The number of benzene rings is 2. The van der Waals surface area contributed by atoms with E-state index < -0.39 is 40.3 Å². The fraction of sp³-hybridized carbons (Fsp3) is 0.304. The maximum absolute atomic E-state index is 15.0. The number of nitrogens with zero attached hydrogens (tertiary/aromatic N) is 2. The van der Waals surface area contributed by atoms with Crippen molar-refractivity contribution in [2.45, 2.75) is 18.9 Å². The molecule has 1 aliphatic heterocycles. The highest BCUT2D eigenvalue weighted by atomic mass is 19.1. The Morgan fingerprint density at radius 3 is 2.55 bits per heavy atom. The van der Waals surface area contributed by atoms with Gasteiger partial charge in [0, 0.05) is 43.8 Å². The number of halogens is 2. The summed E-state index contributed by atoms with van der Waals surface area (Å²) < 4.78 is 35.9. The SMILES string of the molecule is O=C(Oc1ccc(O)c(O)c1F)c1cn(C2CC2)c2cc(N3CCNCC3)c(F)cc2c1=O. The maximum atomic E-state index is 15.0. The van der Waals surface area contributed by atoms with E-state index in [0.717, 1.165) is 44.1 Å². The van der Waals surface area contributed by atoms with Crippen molar-refractivity contribution in [2.75, 3.05) is 31.1 Å². The molecule has 1 saturated heterocycles. The minimum atomic E-state index is -1.33. The molecule has 0 spiro atoms. The molecule has 2 aliphatic rings. The Kier molecular flexibility index (Phi) is 5.16. The number of nitrogens with one attached hydrogen (secondary N) is 1. The molecule has 172 valence electrons. The molecule has 1 aliphatic carbocycles. The van der Waals surface area contributed by atoms with E-state index in [2.05, 4.69) is 5.32 Å². The molecule has 0 radical (unpaired) electrons. The highest BCUT2D eigenvalue weighted by Crippen LogP contribution is 2.38. The summed E-state index contributed by atoms with van der Waals surface area (Å²) in [4.78, 5) is 27.8. The lowest BCUT2D eigenvalue weighted by molar-refractivity contribution is 0.0725. The van der Waals surface area contributed by atoms with Crippen LogP contribution in [0.3, 0.4) is 0 Å². The Morgan fingerprint density at radius 2 is 1.85 bits per heavy atom. The molecule has 1 aromatic heterocycles. The minimum absolute atomic E-state index is 0.0294. The van der Waals surface area contributed by atoms with Crippen LogP contribution >= 0.6 is 0 Å². The van der Waals surface area contributed by atoms with E-state index in [1.54, 1.807) is 10.6 Å². The molecule has 10 heteroatoms. The van der Waals surface area contributed by atoms with Gasteiger partial charge >= 0.3 is 5.97 Å². The van der Waals surface area contributed by atoms with Gasteiger partial charge in [0.2, 0.25) is 11.2 Å². The van der Waals surface area contributed by atoms with Gasteiger partial charge in [-0.1, -0.05) is 0 Å². The van der Waals surface area contributed by atoms with Gasteiger partial charge in [0.25, 0.3) is 0 Å². The van der Waals surface area contributed by atoms with Gasteiger partial charge < -0.3 is 29.7 Å². The van der Waals surface area contributed by atoms with Crippen molar-refractivity contribution in [3.63, 3.8) is 0 Å². The van der Waals surface area contributed by atoms with Crippen LogP contribution in [0.2, 0.25) is 0 Å². The molecule has 8 nitrogen and oxygen atoms in total. The lowest BCUT2D eigenvalue weighted by Gasteiger charge is -2.30. The second-order valence-electron chi connectivity index (χ2n) is 8.20. The van der Waals surface area contributed by atoms with Crippen LogP contribution in [-0.4, -0.2) is 46.9 Å². The smallest absolute Gasteiger partial charge is 0.349 e. The van der Waals surface area contributed by atoms with Crippen LogP contribution in [0.25, 0.3) is 10.9 Å². The average molecular weight is 457 g/mol. The molecule has 2 heterocycles. The van der Waals surface area contributed by atoms with Crippen LogP contribution in [0.1, 0.15) is 29.2 Å². The average Bonchev–Trinajstić information content (AvgIpc) is 3.65. The molecule has 3 N–H and O–H groups in total. The minimum Gasteiger partial charge on any atom is -0.504 e. The number of aromatic hydroxyl groups is 2. The number of fused-ring (bicyclic) bond motifs is 1. The third kappa shape index (κ3) is 3.76.